The van der Waals surface area contributed by atoms with E-state index in [2.05, 4.69) is 33.5 Å². The van der Waals surface area contributed by atoms with Crippen molar-refractivity contribution in [2.45, 2.75) is 145 Å². The van der Waals surface area contributed by atoms with Crippen LogP contribution in [-0.2, 0) is 42.8 Å². The molecule has 0 spiro atoms. The number of aromatic hydroxyl groups is 1. The number of hydrogen-bond acceptors (Lipinski definition) is 19. The number of hydrogen-bond donors (Lipinski definition) is 11. The summed E-state index contributed by atoms with van der Waals surface area (Å²) in [4.78, 5) is 107. The monoisotopic (exact) mass is 1370 g/mol. The minimum absolute atomic E-state index is 0.0560. The molecule has 7 amide bonds. The number of aliphatic hydroxyl groups excluding tert-OH is 5. The number of aliphatic hydroxyl groups is 5. The largest absolute Gasteiger partial charge is 0.508 e. The number of quaternary nitrogens is 1. The van der Waals surface area contributed by atoms with Gasteiger partial charge in [-0.3, -0.25) is 33.6 Å². The van der Waals surface area contributed by atoms with Gasteiger partial charge in [0.25, 0.3) is 5.91 Å². The fraction of sp³-hybridized carbons (Fsp3) is 0.479. The van der Waals surface area contributed by atoms with Crippen LogP contribution in [0.25, 0.3) is 22.3 Å². The zero-order valence-electron chi connectivity index (χ0n) is 57.1. The first-order valence-corrected chi connectivity index (χ1v) is 33.4. The molecule has 5 aromatic rings. The quantitative estimate of drug-likeness (QED) is 0.0297. The Morgan fingerprint density at radius 1 is 0.677 bits per heavy atom. The van der Waals surface area contributed by atoms with E-state index in [-0.39, 0.29) is 30.2 Å². The maximum atomic E-state index is 15.4. The first-order valence-electron chi connectivity index (χ1n) is 33.4. The number of fused-ring (bicyclic) bond motifs is 2. The van der Waals surface area contributed by atoms with Crippen molar-refractivity contribution in [3.63, 3.8) is 0 Å². The molecule has 4 aliphatic heterocycles. The number of ether oxygens (including phenoxy) is 4. The van der Waals surface area contributed by atoms with Crippen LogP contribution in [0.5, 0.6) is 23.0 Å². The number of phenols is 1. The van der Waals surface area contributed by atoms with E-state index in [0.29, 0.717) is 34.4 Å². The van der Waals surface area contributed by atoms with Crippen molar-refractivity contribution in [3.8, 4) is 45.3 Å². The number of methoxy groups -OCH3 is 2. The predicted molar refractivity (Wildman–Crippen MR) is 363 cm³/mol. The summed E-state index contributed by atoms with van der Waals surface area (Å²) in [5.41, 5.74) is 4.21. The van der Waals surface area contributed by atoms with Gasteiger partial charge in [-0.05, 0) is 102 Å². The van der Waals surface area contributed by atoms with E-state index in [0.717, 1.165) is 57.1 Å². The lowest BCUT2D eigenvalue weighted by molar-refractivity contribution is -0.870. The second-order valence-corrected chi connectivity index (χ2v) is 26.8. The van der Waals surface area contributed by atoms with Gasteiger partial charge in [0.05, 0.1) is 79.1 Å². The zero-order chi connectivity index (χ0) is 71.6. The molecule has 5 aromatic carbocycles. The van der Waals surface area contributed by atoms with E-state index in [4.69, 9.17) is 28.3 Å². The number of benzene rings is 5. The molecular weight excluding hydrogens is 1280 g/mol. The topological polar surface area (TPSA) is 363 Å². The lowest BCUT2D eigenvalue weighted by Crippen LogP contribution is -2.64. The molecule has 9 rings (SSSR count). The number of likely N-dealkylation sites (N-methyl/N-ethyl adjacent to an activating group) is 1. The van der Waals surface area contributed by atoms with Gasteiger partial charge in [-0.1, -0.05) is 93.4 Å². The number of phenolic OH excluding ortho intramolecular Hbond substituents is 1. The molecule has 532 valence electrons. The molecule has 99 heavy (non-hydrogen) atoms. The zero-order valence-corrected chi connectivity index (χ0v) is 57.1. The lowest BCUT2D eigenvalue weighted by Gasteiger charge is -2.34. The molecule has 27 nitrogen and oxygen atoms in total. The van der Waals surface area contributed by atoms with E-state index in [1.54, 1.807) is 37.3 Å². The van der Waals surface area contributed by atoms with E-state index < -0.39 is 159 Å². The Labute approximate surface area is 575 Å². The molecule has 11 N–H and O–H groups in total. The van der Waals surface area contributed by atoms with E-state index in [1.165, 1.54) is 64.5 Å². The van der Waals surface area contributed by atoms with Crippen molar-refractivity contribution in [2.24, 2.45) is 5.92 Å². The van der Waals surface area contributed by atoms with E-state index in [1.807, 2.05) is 69.7 Å². The number of unbranched alkanes of at least 4 members (excludes halogenated alkanes) is 2. The van der Waals surface area contributed by atoms with Crippen molar-refractivity contribution in [3.05, 3.63) is 126 Å². The molecule has 0 saturated carbocycles. The average Bonchev–Trinajstić information content (AvgIpc) is 1.38. The molecule has 4 saturated heterocycles. The first-order chi connectivity index (χ1) is 47.2. The van der Waals surface area contributed by atoms with Gasteiger partial charge in [0.15, 0.2) is 17.7 Å². The summed E-state index contributed by atoms with van der Waals surface area (Å²) in [6.45, 7) is 6.01. The average molecular weight is 1370 g/mol. The van der Waals surface area contributed by atoms with Gasteiger partial charge < -0.3 is 99.8 Å². The molecule has 0 radical (unpaired) electrons. The number of nitrogens with zero attached hydrogens (tertiary/aromatic N) is 3. The molecular formula is C71H92BN8O19+. The highest BCUT2D eigenvalue weighted by Gasteiger charge is 2.53. The number of nitrogens with one attached hydrogen (secondary N) is 5. The Bertz CT molecular complexity index is 3620. The fourth-order valence-electron chi connectivity index (χ4n) is 12.6. The van der Waals surface area contributed by atoms with Crippen LogP contribution in [0.1, 0.15) is 81.8 Å². The fourth-order valence-corrected chi connectivity index (χ4v) is 12.6. The van der Waals surface area contributed by atoms with Crippen molar-refractivity contribution >= 4 is 53.9 Å². The molecule has 4 aliphatic rings. The van der Waals surface area contributed by atoms with E-state index >= 15 is 24.0 Å². The van der Waals surface area contributed by atoms with Crippen LogP contribution in [0.2, 0.25) is 0 Å². The Hall–Kier alpha value is -8.71. The van der Waals surface area contributed by atoms with Gasteiger partial charge in [-0.25, -0.2) is 0 Å². The predicted octanol–water partition coefficient (Wildman–Crippen LogP) is 1.28. The van der Waals surface area contributed by atoms with Gasteiger partial charge in [0, 0.05) is 37.4 Å². The smallest absolute Gasteiger partial charge is 0.494 e. The first kappa shape index (κ1) is 74.5. The standard InChI is InChI=1S/C71H91BN8O19/c1-10-11-12-32-96-51-28-23-45(24-29-51)43-15-13-42(14-16-43)44-17-19-47(20-18-44)64(87)73-52-36-54(85)69(97-33-31-80(5,6)7)77-68(91)60-61(86)39(2)37-79(60)71(93)58(41(4)82)75-67(90)59(76-66(89)53-35-50(84)38-78(53)70(92)57(40(3)81)74-65(52)88)63-62(46-21-26-49(83)27-22-46)98-72(99-63)48-25-30-55(94-8)56(34-48)95-9/h13-30,34,39-41,50,52-54,57-63,69,81-82,84-86H,10-12,31-33,35-38H2,1-9H3,(H5-,73,74,75,76,77,83,87,88,89,90,91)/p+1/t39-,40+,41+,50+,52-,53-,54+,57-,58-,59-,60-,61-,62-,63-,69+/m0/s1. The van der Waals surface area contributed by atoms with Crippen LogP contribution in [0.4, 0.5) is 0 Å². The third kappa shape index (κ3) is 18.2. The van der Waals surface area contributed by atoms with Gasteiger partial charge in [0.2, 0.25) is 35.4 Å². The lowest BCUT2D eigenvalue weighted by atomic mass is 9.79. The summed E-state index contributed by atoms with van der Waals surface area (Å²) in [5.74, 6) is -7.06. The number of carbonyl (C=O) groups is 7. The molecule has 4 heterocycles. The van der Waals surface area contributed by atoms with Crippen molar-refractivity contribution < 1.29 is 96.9 Å². The maximum absolute atomic E-state index is 15.4. The van der Waals surface area contributed by atoms with Gasteiger partial charge in [0.1, 0.15) is 66.5 Å². The van der Waals surface area contributed by atoms with Crippen molar-refractivity contribution in [2.75, 3.05) is 68.2 Å². The molecule has 15 atom stereocenters. The van der Waals surface area contributed by atoms with Gasteiger partial charge in [-0.2, -0.15) is 0 Å². The normalized spacial score (nSPS) is 26.6. The molecule has 0 aliphatic carbocycles. The summed E-state index contributed by atoms with van der Waals surface area (Å²) in [5, 5.41) is 81.9. The number of carbonyl (C=O) groups excluding carboxylic acids is 7. The molecule has 28 heteroatoms. The Balaban J connectivity index is 1.07. The molecule has 4 fully saturated rings. The third-order valence-electron chi connectivity index (χ3n) is 18.3. The number of amides is 7. The van der Waals surface area contributed by atoms with Crippen LogP contribution in [0.3, 0.4) is 0 Å². The second kappa shape index (κ2) is 33.0. The summed E-state index contributed by atoms with van der Waals surface area (Å²) in [6.07, 6.45) is -11.1. The van der Waals surface area contributed by atoms with Crippen molar-refractivity contribution in [1.82, 2.24) is 36.4 Å². The van der Waals surface area contributed by atoms with Crippen LogP contribution in [-0.4, -0.2) is 241 Å². The molecule has 0 bridgehead atoms. The highest BCUT2D eigenvalue weighted by atomic mass is 16.7. The minimum atomic E-state index is -1.96. The second-order valence-electron chi connectivity index (χ2n) is 26.8. The summed E-state index contributed by atoms with van der Waals surface area (Å²) in [6, 6.07) is 21.4. The van der Waals surface area contributed by atoms with Crippen LogP contribution in [0.15, 0.2) is 115 Å². The number of rotatable bonds is 20. The minimum Gasteiger partial charge on any atom is -0.508 e. The highest BCUT2D eigenvalue weighted by Crippen LogP contribution is 2.37. The van der Waals surface area contributed by atoms with E-state index in [9.17, 15) is 40.2 Å². The summed E-state index contributed by atoms with van der Waals surface area (Å²) < 4.78 is 36.6. The maximum Gasteiger partial charge on any atom is 0.494 e. The van der Waals surface area contributed by atoms with Crippen LogP contribution >= 0.6 is 0 Å². The Morgan fingerprint density at radius 2 is 1.26 bits per heavy atom. The van der Waals surface area contributed by atoms with Crippen molar-refractivity contribution in [1.29, 1.82) is 0 Å². The third-order valence-corrected chi connectivity index (χ3v) is 18.3. The Morgan fingerprint density at radius 3 is 1.85 bits per heavy atom. The van der Waals surface area contributed by atoms with Crippen LogP contribution < -0.4 is 46.3 Å². The van der Waals surface area contributed by atoms with Crippen LogP contribution in [0, 0.1) is 5.92 Å². The summed E-state index contributed by atoms with van der Waals surface area (Å²) >= 11 is 0. The van der Waals surface area contributed by atoms with Gasteiger partial charge >= 0.3 is 7.12 Å². The van der Waals surface area contributed by atoms with Gasteiger partial charge in [-0.15, -0.1) is 0 Å². The SMILES string of the molecule is CCCCCOc1ccc(-c2ccc(-c3ccc(C(=O)N[C@H]4C[C@@H](O)[C@@H](OCC[N+](C)(C)C)NC(=O)[C@@H]5[C@@H](O)[C@@H](C)CN5C(=O)[C@H]([C@@H](C)O)NC(=O)[C@H]([C@@H]5OB(c6ccc(OC)c(OC)c6)O[C@H]5c5ccc(O)cc5)NC(=O)[C@@H]5C[C@@H](O)CN5C(=O)[C@H]([C@@H](C)O)NC4=O)cc3)cc2)cc1. The highest BCUT2D eigenvalue weighted by molar-refractivity contribution is 6.62. The Kier molecular flexibility index (Phi) is 24.8. The molecule has 0 aromatic heterocycles. The molecule has 0 unspecified atom stereocenters. The summed E-state index contributed by atoms with van der Waals surface area (Å²) in [7, 11) is 7.07.